The van der Waals surface area contributed by atoms with Gasteiger partial charge in [0.2, 0.25) is 0 Å². The van der Waals surface area contributed by atoms with Gasteiger partial charge in [0, 0.05) is 37.0 Å². The van der Waals surface area contributed by atoms with E-state index in [-0.39, 0.29) is 47.1 Å². The summed E-state index contributed by atoms with van der Waals surface area (Å²) in [5, 5.41) is 12.2. The molecule has 1 aromatic heterocycles. The van der Waals surface area contributed by atoms with Crippen LogP contribution in [0.5, 0.6) is 0 Å². The molecule has 0 unspecified atom stereocenters. The SMILES string of the molecule is Cc1cc(N2CCOC[C@@H]2C(F)(F)F)cc(F)c1C(=O)N[C@@H](Cc1ccc(-c2nc(C)c(C)n(C)c2=O)c(Cl)c1)C(=O)O. The third kappa shape index (κ3) is 6.67. The number of hydrogen-bond acceptors (Lipinski definition) is 6. The largest absolute Gasteiger partial charge is 0.480 e. The molecule has 2 atom stereocenters. The van der Waals surface area contributed by atoms with Crippen LogP contribution in [0.3, 0.4) is 0 Å². The Balaban J connectivity index is 1.56. The maximum atomic E-state index is 15.2. The number of benzene rings is 2. The summed E-state index contributed by atoms with van der Waals surface area (Å²) in [6.45, 7) is 4.12. The lowest BCUT2D eigenvalue weighted by molar-refractivity contribution is -0.167. The van der Waals surface area contributed by atoms with Gasteiger partial charge in [-0.25, -0.2) is 14.2 Å². The van der Waals surface area contributed by atoms with Crippen LogP contribution < -0.4 is 15.8 Å². The van der Waals surface area contributed by atoms with E-state index in [0.29, 0.717) is 22.5 Å². The van der Waals surface area contributed by atoms with E-state index < -0.39 is 48.1 Å². The second-order valence-electron chi connectivity index (χ2n) is 10.3. The fourth-order valence-electron chi connectivity index (χ4n) is 4.93. The summed E-state index contributed by atoms with van der Waals surface area (Å²) in [5.41, 5.74) is 1.29. The van der Waals surface area contributed by atoms with E-state index in [9.17, 15) is 32.7 Å². The van der Waals surface area contributed by atoms with Crippen molar-refractivity contribution in [1.29, 1.82) is 0 Å². The van der Waals surface area contributed by atoms with Crippen LogP contribution in [0.25, 0.3) is 11.3 Å². The highest BCUT2D eigenvalue weighted by molar-refractivity contribution is 6.33. The second-order valence-corrected chi connectivity index (χ2v) is 10.7. The van der Waals surface area contributed by atoms with Crippen LogP contribution in [-0.2, 0) is 23.0 Å². The molecule has 1 saturated heterocycles. The average molecular weight is 625 g/mol. The number of anilines is 1. The zero-order valence-corrected chi connectivity index (χ0v) is 24.4. The van der Waals surface area contributed by atoms with Crippen molar-refractivity contribution in [1.82, 2.24) is 14.9 Å². The first kappa shape index (κ1) is 32.0. The molecule has 2 N–H and O–H groups in total. The van der Waals surface area contributed by atoms with Gasteiger partial charge in [-0.1, -0.05) is 23.7 Å². The number of carboxylic acids is 1. The molecule has 0 radical (unpaired) electrons. The highest BCUT2D eigenvalue weighted by atomic mass is 35.5. The molecule has 0 aliphatic carbocycles. The van der Waals surface area contributed by atoms with E-state index in [1.165, 1.54) is 29.7 Å². The summed E-state index contributed by atoms with van der Waals surface area (Å²) >= 11 is 6.45. The van der Waals surface area contributed by atoms with Crippen molar-refractivity contribution in [2.45, 2.75) is 45.5 Å². The summed E-state index contributed by atoms with van der Waals surface area (Å²) in [4.78, 5) is 43.2. The number of carbonyl (C=O) groups excluding carboxylic acids is 1. The number of aryl methyl sites for hydroxylation is 2. The Morgan fingerprint density at radius 1 is 1.21 bits per heavy atom. The molecule has 3 aromatic rings. The van der Waals surface area contributed by atoms with Crippen molar-refractivity contribution in [3.63, 3.8) is 0 Å². The van der Waals surface area contributed by atoms with Gasteiger partial charge in [0.25, 0.3) is 11.5 Å². The van der Waals surface area contributed by atoms with Crippen molar-refractivity contribution < 1.29 is 37.0 Å². The second kappa shape index (κ2) is 12.3. The molecule has 9 nitrogen and oxygen atoms in total. The third-order valence-corrected chi connectivity index (χ3v) is 7.80. The van der Waals surface area contributed by atoms with Gasteiger partial charge in [-0.2, -0.15) is 13.2 Å². The minimum absolute atomic E-state index is 0.0125. The highest BCUT2D eigenvalue weighted by Crippen LogP contribution is 2.33. The van der Waals surface area contributed by atoms with Gasteiger partial charge >= 0.3 is 12.1 Å². The Morgan fingerprint density at radius 2 is 1.91 bits per heavy atom. The molecule has 1 aliphatic heterocycles. The summed E-state index contributed by atoms with van der Waals surface area (Å²) in [7, 11) is 1.61. The first-order valence-corrected chi connectivity index (χ1v) is 13.6. The molecule has 1 aliphatic rings. The molecule has 0 saturated carbocycles. The van der Waals surface area contributed by atoms with Crippen LogP contribution in [0.15, 0.2) is 35.1 Å². The maximum absolute atomic E-state index is 15.2. The number of nitrogens with one attached hydrogen (secondary N) is 1. The van der Waals surface area contributed by atoms with Gasteiger partial charge in [0.1, 0.15) is 23.6 Å². The topological polar surface area (TPSA) is 114 Å². The predicted octanol–water partition coefficient (Wildman–Crippen LogP) is 4.36. The van der Waals surface area contributed by atoms with Crippen LogP contribution in [0.2, 0.25) is 5.02 Å². The number of ether oxygens (including phenoxy) is 1. The third-order valence-electron chi connectivity index (χ3n) is 7.48. The highest BCUT2D eigenvalue weighted by Gasteiger charge is 2.45. The van der Waals surface area contributed by atoms with Crippen LogP contribution >= 0.6 is 11.6 Å². The minimum atomic E-state index is -4.62. The first-order valence-electron chi connectivity index (χ1n) is 13.2. The Kier molecular flexibility index (Phi) is 9.16. The number of nitrogens with zero attached hydrogens (tertiary/aromatic N) is 3. The normalized spacial score (nSPS) is 16.2. The molecule has 0 bridgehead atoms. The smallest absolute Gasteiger partial charge is 0.411 e. The standard InChI is InChI=1S/C29H29ClF4N4O5/c1-14-9-18(38-7-8-43-13-23(38)29(32,33)34)12-21(31)24(14)26(39)36-22(28(41)42)11-17-5-6-19(20(30)10-17)25-27(40)37(4)16(3)15(2)35-25/h5-6,9-10,12,22-23H,7-8,11,13H2,1-4H3,(H,36,39)(H,41,42)/t22-,23+/m0/s1. The number of aromatic nitrogens is 2. The minimum Gasteiger partial charge on any atom is -0.480 e. The lowest BCUT2D eigenvalue weighted by Crippen LogP contribution is -2.53. The molecular weight excluding hydrogens is 596 g/mol. The van der Waals surface area contributed by atoms with Crippen LogP contribution in [-0.4, -0.2) is 64.6 Å². The number of rotatable bonds is 7. The van der Waals surface area contributed by atoms with E-state index in [1.807, 2.05) is 0 Å². The van der Waals surface area contributed by atoms with E-state index in [1.54, 1.807) is 27.0 Å². The maximum Gasteiger partial charge on any atom is 0.411 e. The number of amides is 1. The molecule has 230 valence electrons. The van der Waals surface area contributed by atoms with Gasteiger partial charge < -0.3 is 24.6 Å². The molecular formula is C29H29ClF4N4O5. The van der Waals surface area contributed by atoms with Crippen molar-refractivity contribution >= 4 is 29.2 Å². The summed E-state index contributed by atoms with van der Waals surface area (Å²) in [6.07, 6.45) is -4.86. The average Bonchev–Trinajstić information content (AvgIpc) is 2.93. The fourth-order valence-corrected chi connectivity index (χ4v) is 5.23. The zero-order valence-electron chi connectivity index (χ0n) is 23.7. The van der Waals surface area contributed by atoms with Gasteiger partial charge in [-0.05, 0) is 50.1 Å². The number of carbonyl (C=O) groups is 2. The Labute approximate surface area is 249 Å². The van der Waals surface area contributed by atoms with Gasteiger partial charge in [-0.3, -0.25) is 9.59 Å². The molecule has 1 fully saturated rings. The van der Waals surface area contributed by atoms with E-state index in [4.69, 9.17) is 16.3 Å². The number of aliphatic carboxylic acids is 1. The Morgan fingerprint density at radius 3 is 2.51 bits per heavy atom. The van der Waals surface area contributed by atoms with Crippen LogP contribution in [0.1, 0.15) is 32.9 Å². The Hall–Kier alpha value is -3.97. The lowest BCUT2D eigenvalue weighted by Gasteiger charge is -2.38. The van der Waals surface area contributed by atoms with Gasteiger partial charge in [-0.15, -0.1) is 0 Å². The van der Waals surface area contributed by atoms with Crippen LogP contribution in [0.4, 0.5) is 23.2 Å². The quantitative estimate of drug-likeness (QED) is 0.376. The molecule has 2 aromatic carbocycles. The van der Waals surface area contributed by atoms with Gasteiger partial charge in [0.15, 0.2) is 0 Å². The summed E-state index contributed by atoms with van der Waals surface area (Å²) < 4.78 is 62.1. The number of carboxylic acid groups (broad SMARTS) is 1. The number of morpholine rings is 1. The monoisotopic (exact) mass is 624 g/mol. The van der Waals surface area contributed by atoms with E-state index in [2.05, 4.69) is 10.3 Å². The van der Waals surface area contributed by atoms with Crippen molar-refractivity contribution in [2.24, 2.45) is 7.05 Å². The van der Waals surface area contributed by atoms with Crippen molar-refractivity contribution in [2.75, 3.05) is 24.7 Å². The molecule has 0 spiro atoms. The fraction of sp³-hybridized carbons (Fsp3) is 0.379. The molecule has 1 amide bonds. The molecule has 14 heteroatoms. The van der Waals surface area contributed by atoms with Crippen LogP contribution in [0, 0.1) is 26.6 Å². The summed E-state index contributed by atoms with van der Waals surface area (Å²) in [5.74, 6) is -3.55. The van der Waals surface area contributed by atoms with Gasteiger partial charge in [0.05, 0.1) is 29.5 Å². The molecule has 4 rings (SSSR count). The Bertz CT molecular complexity index is 1620. The summed E-state index contributed by atoms with van der Waals surface area (Å²) in [6, 6.07) is 3.11. The molecule has 2 heterocycles. The van der Waals surface area contributed by atoms with E-state index in [0.717, 1.165) is 11.0 Å². The van der Waals surface area contributed by atoms with Crippen molar-refractivity contribution in [3.8, 4) is 11.3 Å². The van der Waals surface area contributed by atoms with Crippen molar-refractivity contribution in [3.05, 3.63) is 79.6 Å². The molecule has 43 heavy (non-hydrogen) atoms. The number of alkyl halides is 3. The number of halogens is 5. The lowest BCUT2D eigenvalue weighted by atomic mass is 10.0. The first-order chi connectivity index (χ1) is 20.1. The zero-order chi connectivity index (χ0) is 31.8. The number of hydrogen-bond donors (Lipinski definition) is 2. The van der Waals surface area contributed by atoms with E-state index >= 15 is 4.39 Å². The predicted molar refractivity (Wildman–Crippen MR) is 151 cm³/mol.